The number of benzene rings is 3. The highest BCUT2D eigenvalue weighted by atomic mass is 32.2. The van der Waals surface area contributed by atoms with Crippen LogP contribution in [-0.2, 0) is 10.0 Å². The van der Waals surface area contributed by atoms with Crippen molar-refractivity contribution in [3.05, 3.63) is 108 Å². The number of piperazine rings is 1. The van der Waals surface area contributed by atoms with Crippen LogP contribution in [0.2, 0.25) is 0 Å². The molecule has 0 radical (unpaired) electrons. The molecule has 1 saturated heterocycles. The topological polar surface area (TPSA) is 70.1 Å². The summed E-state index contributed by atoms with van der Waals surface area (Å²) in [6.07, 6.45) is -0.526. The van der Waals surface area contributed by atoms with E-state index in [1.54, 1.807) is 21.8 Å². The minimum absolute atomic E-state index is 0.271. The third-order valence-corrected chi connectivity index (χ3v) is 10.2. The zero-order chi connectivity index (χ0) is 25.9. The SMILES string of the molecule is CC1(CC(O)c2ccccc2)CN(c2ccc(Oc3ccccc3)cc2)CCN1S(=O)(=O)c1cccs1. The standard InChI is InChI=1S/C29H30N2O4S2/c1-29(21-27(32)23-9-4-2-5-10-23)22-30(18-19-31(29)37(33,34)28-13-8-20-36-28)24-14-16-26(17-15-24)35-25-11-6-3-7-12-25/h2-17,20,27,32H,18-19,21-22H2,1H3. The Bertz CT molecular complexity index is 1400. The van der Waals surface area contributed by atoms with Crippen LogP contribution in [0.3, 0.4) is 0 Å². The molecule has 0 aliphatic carbocycles. The van der Waals surface area contributed by atoms with E-state index in [2.05, 4.69) is 4.90 Å². The number of hydrogen-bond donors (Lipinski definition) is 1. The number of nitrogens with zero attached hydrogens (tertiary/aromatic N) is 2. The second-order valence-electron chi connectivity index (χ2n) is 9.47. The van der Waals surface area contributed by atoms with Gasteiger partial charge in [0.15, 0.2) is 0 Å². The molecule has 1 aliphatic heterocycles. The maximum atomic E-state index is 13.7. The van der Waals surface area contributed by atoms with Gasteiger partial charge in [0.25, 0.3) is 10.0 Å². The minimum Gasteiger partial charge on any atom is -0.457 e. The minimum atomic E-state index is -3.71. The fourth-order valence-electron chi connectivity index (χ4n) is 4.93. The van der Waals surface area contributed by atoms with Gasteiger partial charge in [-0.05, 0) is 66.8 Å². The van der Waals surface area contributed by atoms with Gasteiger partial charge in [-0.1, -0.05) is 54.6 Å². The number of anilines is 1. The van der Waals surface area contributed by atoms with E-state index < -0.39 is 21.7 Å². The molecule has 0 saturated carbocycles. The van der Waals surface area contributed by atoms with Gasteiger partial charge in [-0.2, -0.15) is 4.31 Å². The van der Waals surface area contributed by atoms with E-state index in [0.29, 0.717) is 23.8 Å². The molecular weight excluding hydrogens is 504 g/mol. The Morgan fingerprint density at radius 1 is 0.892 bits per heavy atom. The van der Waals surface area contributed by atoms with Crippen molar-refractivity contribution in [2.45, 2.75) is 29.2 Å². The van der Waals surface area contributed by atoms with Crippen LogP contribution < -0.4 is 9.64 Å². The molecule has 1 fully saturated rings. The van der Waals surface area contributed by atoms with Crippen LogP contribution in [0.1, 0.15) is 25.0 Å². The molecule has 5 rings (SSSR count). The van der Waals surface area contributed by atoms with Gasteiger partial charge in [-0.25, -0.2) is 8.42 Å². The summed E-state index contributed by atoms with van der Waals surface area (Å²) in [6, 6.07) is 30.3. The highest BCUT2D eigenvalue weighted by molar-refractivity contribution is 7.91. The molecule has 2 unspecified atom stereocenters. The number of para-hydroxylation sites is 1. The molecule has 0 amide bonds. The molecule has 0 bridgehead atoms. The van der Waals surface area contributed by atoms with Crippen LogP contribution >= 0.6 is 11.3 Å². The fourth-order valence-corrected chi connectivity index (χ4v) is 7.80. The molecule has 1 aliphatic rings. The van der Waals surface area contributed by atoms with Gasteiger partial charge in [0.05, 0.1) is 11.6 Å². The molecule has 2 atom stereocenters. The third kappa shape index (κ3) is 5.57. The smallest absolute Gasteiger partial charge is 0.253 e. The van der Waals surface area contributed by atoms with E-state index in [1.807, 2.05) is 91.9 Å². The van der Waals surface area contributed by atoms with Crippen molar-refractivity contribution >= 4 is 27.0 Å². The molecule has 3 aromatic carbocycles. The van der Waals surface area contributed by atoms with Crippen LogP contribution in [0.25, 0.3) is 0 Å². The van der Waals surface area contributed by atoms with Crippen molar-refractivity contribution in [1.82, 2.24) is 4.31 Å². The maximum absolute atomic E-state index is 13.7. The predicted octanol–water partition coefficient (Wildman–Crippen LogP) is 5.93. The van der Waals surface area contributed by atoms with E-state index in [4.69, 9.17) is 4.74 Å². The summed E-state index contributed by atoms with van der Waals surface area (Å²) in [5.41, 5.74) is 0.918. The molecule has 4 aromatic rings. The number of aliphatic hydroxyl groups is 1. The molecule has 2 heterocycles. The van der Waals surface area contributed by atoms with Crippen molar-refractivity contribution in [3.63, 3.8) is 0 Å². The average Bonchev–Trinajstić information content (AvgIpc) is 3.46. The van der Waals surface area contributed by atoms with Crippen molar-refractivity contribution in [2.75, 3.05) is 24.5 Å². The van der Waals surface area contributed by atoms with Gasteiger partial charge >= 0.3 is 0 Å². The first-order valence-electron chi connectivity index (χ1n) is 12.2. The highest BCUT2D eigenvalue weighted by Gasteiger charge is 2.46. The predicted molar refractivity (Wildman–Crippen MR) is 148 cm³/mol. The van der Waals surface area contributed by atoms with Gasteiger partial charge in [-0.3, -0.25) is 0 Å². The first kappa shape index (κ1) is 25.5. The number of thiophene rings is 1. The monoisotopic (exact) mass is 534 g/mol. The summed E-state index contributed by atoms with van der Waals surface area (Å²) in [7, 11) is -3.71. The lowest BCUT2D eigenvalue weighted by Gasteiger charge is -2.49. The van der Waals surface area contributed by atoms with E-state index >= 15 is 0 Å². The van der Waals surface area contributed by atoms with Gasteiger partial charge in [0.2, 0.25) is 0 Å². The lowest BCUT2D eigenvalue weighted by molar-refractivity contribution is 0.0807. The molecule has 0 spiro atoms. The quantitative estimate of drug-likeness (QED) is 0.303. The Labute approximate surface area is 222 Å². The molecule has 1 aromatic heterocycles. The van der Waals surface area contributed by atoms with E-state index in [-0.39, 0.29) is 6.42 Å². The first-order chi connectivity index (χ1) is 17.8. The lowest BCUT2D eigenvalue weighted by atomic mass is 9.88. The Kier molecular flexibility index (Phi) is 7.35. The molecular formula is C29H30N2O4S2. The number of aliphatic hydroxyl groups excluding tert-OH is 1. The molecule has 8 heteroatoms. The van der Waals surface area contributed by atoms with Crippen LogP contribution in [0, 0.1) is 0 Å². The van der Waals surface area contributed by atoms with Gasteiger partial charge < -0.3 is 14.7 Å². The molecule has 37 heavy (non-hydrogen) atoms. The van der Waals surface area contributed by atoms with Crippen molar-refractivity contribution in [1.29, 1.82) is 0 Å². The Morgan fingerprint density at radius 3 is 2.19 bits per heavy atom. The Balaban J connectivity index is 1.40. The first-order valence-corrected chi connectivity index (χ1v) is 14.5. The summed E-state index contributed by atoms with van der Waals surface area (Å²) >= 11 is 1.22. The highest BCUT2D eigenvalue weighted by Crippen LogP contribution is 2.38. The molecule has 6 nitrogen and oxygen atoms in total. The number of ether oxygens (including phenoxy) is 1. The third-order valence-electron chi connectivity index (χ3n) is 6.74. The largest absolute Gasteiger partial charge is 0.457 e. The van der Waals surface area contributed by atoms with E-state index in [1.165, 1.54) is 11.3 Å². The van der Waals surface area contributed by atoms with E-state index in [0.717, 1.165) is 22.7 Å². The Morgan fingerprint density at radius 2 is 1.54 bits per heavy atom. The molecule has 1 N–H and O–H groups in total. The lowest BCUT2D eigenvalue weighted by Crippen LogP contribution is -2.62. The van der Waals surface area contributed by atoms with Crippen LogP contribution in [0.15, 0.2) is 107 Å². The summed E-state index contributed by atoms with van der Waals surface area (Å²) in [6.45, 7) is 3.24. The van der Waals surface area contributed by atoms with Crippen LogP contribution in [-0.4, -0.2) is 43.0 Å². The fraction of sp³-hybridized carbons (Fsp3) is 0.241. The summed E-state index contributed by atoms with van der Waals surface area (Å²) in [5, 5.41) is 12.9. The van der Waals surface area contributed by atoms with Crippen LogP contribution in [0.4, 0.5) is 5.69 Å². The number of hydrogen-bond acceptors (Lipinski definition) is 6. The van der Waals surface area contributed by atoms with Gasteiger partial charge in [-0.15, -0.1) is 11.3 Å². The number of rotatable bonds is 8. The second kappa shape index (κ2) is 10.7. The molecule has 192 valence electrons. The Hall–Kier alpha value is -3.17. The maximum Gasteiger partial charge on any atom is 0.253 e. The zero-order valence-electron chi connectivity index (χ0n) is 20.6. The normalized spacial score (nSPS) is 19.5. The van der Waals surface area contributed by atoms with E-state index in [9.17, 15) is 13.5 Å². The van der Waals surface area contributed by atoms with Gasteiger partial charge in [0.1, 0.15) is 15.7 Å². The number of sulfonamides is 1. The van der Waals surface area contributed by atoms with Crippen LogP contribution in [0.5, 0.6) is 11.5 Å². The van der Waals surface area contributed by atoms with Crippen molar-refractivity contribution in [2.24, 2.45) is 0 Å². The zero-order valence-corrected chi connectivity index (χ0v) is 22.2. The van der Waals surface area contributed by atoms with Crippen molar-refractivity contribution < 1.29 is 18.3 Å². The van der Waals surface area contributed by atoms with Gasteiger partial charge in [0, 0.05) is 25.3 Å². The summed E-state index contributed by atoms with van der Waals surface area (Å²) < 4.78 is 35.2. The summed E-state index contributed by atoms with van der Waals surface area (Å²) in [4.78, 5) is 2.18. The average molecular weight is 535 g/mol. The second-order valence-corrected chi connectivity index (χ2v) is 12.5. The summed E-state index contributed by atoms with van der Waals surface area (Å²) in [5.74, 6) is 1.50. The van der Waals surface area contributed by atoms with Crippen molar-refractivity contribution in [3.8, 4) is 11.5 Å².